The predicted molar refractivity (Wildman–Crippen MR) is 120 cm³/mol. The number of fused-ring (bicyclic) bond motifs is 1. The molecule has 0 bridgehead atoms. The molecule has 2 N–H and O–H groups in total. The van der Waals surface area contributed by atoms with Gasteiger partial charge in [0.1, 0.15) is 28.9 Å². The number of halogens is 1. The molecule has 1 aliphatic rings. The summed E-state index contributed by atoms with van der Waals surface area (Å²) in [7, 11) is 0. The highest BCUT2D eigenvalue weighted by Crippen LogP contribution is 2.44. The third-order valence-corrected chi connectivity index (χ3v) is 5.20. The van der Waals surface area contributed by atoms with Crippen molar-refractivity contribution in [3.05, 3.63) is 99.9 Å². The van der Waals surface area contributed by atoms with Gasteiger partial charge in [0.15, 0.2) is 0 Å². The van der Waals surface area contributed by atoms with Crippen molar-refractivity contribution in [2.75, 3.05) is 6.61 Å². The Morgan fingerprint density at radius 1 is 1.12 bits per heavy atom. The Hall–Kier alpha value is -3.95. The summed E-state index contributed by atoms with van der Waals surface area (Å²) in [4.78, 5) is 12.5. The summed E-state index contributed by atoms with van der Waals surface area (Å²) >= 11 is 5.95. The normalized spacial score (nSPS) is 14.7. The van der Waals surface area contributed by atoms with Gasteiger partial charge in [0.05, 0.1) is 18.1 Å². The van der Waals surface area contributed by atoms with Crippen molar-refractivity contribution in [2.45, 2.75) is 12.8 Å². The molecule has 0 amide bonds. The molecule has 1 atom stereocenters. The monoisotopic (exact) mass is 446 g/mol. The molecular weight excluding hydrogens is 428 g/mol. The fraction of sp³-hybridized carbons (Fsp3) is 0.120. The van der Waals surface area contributed by atoms with Gasteiger partial charge in [0.25, 0.3) is 0 Å². The molecule has 4 rings (SSSR count). The zero-order chi connectivity index (χ0) is 22.7. The maximum absolute atomic E-state index is 12.5. The van der Waals surface area contributed by atoms with Crippen LogP contribution in [0.3, 0.4) is 0 Å². The van der Waals surface area contributed by atoms with Gasteiger partial charge in [-0.15, -0.1) is 0 Å². The van der Waals surface area contributed by atoms with Crippen LogP contribution in [0.4, 0.5) is 0 Å². The van der Waals surface area contributed by atoms with E-state index in [4.69, 9.17) is 31.5 Å². The van der Waals surface area contributed by atoms with Gasteiger partial charge in [-0.1, -0.05) is 35.9 Å². The van der Waals surface area contributed by atoms with Crippen LogP contribution >= 0.6 is 11.6 Å². The third kappa shape index (κ3) is 4.25. The van der Waals surface area contributed by atoms with Crippen LogP contribution in [0, 0.1) is 11.3 Å². The van der Waals surface area contributed by atoms with Crippen molar-refractivity contribution in [3.63, 3.8) is 0 Å². The van der Waals surface area contributed by atoms with Crippen LogP contribution < -0.4 is 19.9 Å². The van der Waals surface area contributed by atoms with E-state index in [9.17, 15) is 10.1 Å². The van der Waals surface area contributed by atoms with Crippen molar-refractivity contribution in [1.29, 1.82) is 5.26 Å². The van der Waals surface area contributed by atoms with Crippen molar-refractivity contribution in [3.8, 4) is 23.3 Å². The van der Waals surface area contributed by atoms with Crippen LogP contribution in [0.5, 0.6) is 17.2 Å². The van der Waals surface area contributed by atoms with E-state index in [0.29, 0.717) is 34.3 Å². The average molecular weight is 447 g/mol. The van der Waals surface area contributed by atoms with Crippen LogP contribution in [-0.4, -0.2) is 12.6 Å². The molecule has 0 fully saturated rings. The Kier molecular flexibility index (Phi) is 6.02. The number of esters is 1. The van der Waals surface area contributed by atoms with Crippen molar-refractivity contribution < 1.29 is 19.0 Å². The molecule has 3 aromatic carbocycles. The minimum absolute atomic E-state index is 0.00475. The SMILES string of the molecule is CCOc1cccc(C2C(C#N)=C(N)Oc3cc(OC(=O)c4cccc(Cl)c4)ccc32)c1. The lowest BCUT2D eigenvalue weighted by atomic mass is 9.83. The summed E-state index contributed by atoms with van der Waals surface area (Å²) in [5, 5.41) is 10.2. The standard InChI is InChI=1S/C25H19ClN2O4/c1-2-30-18-8-4-5-15(12-18)23-20-10-9-19(13-22(20)32-24(28)21(23)14-27)31-25(29)16-6-3-7-17(26)11-16/h3-13,23H,2,28H2,1H3. The van der Waals surface area contributed by atoms with Gasteiger partial charge in [0, 0.05) is 16.7 Å². The molecule has 1 unspecified atom stereocenters. The Labute approximate surface area is 190 Å². The molecule has 0 saturated heterocycles. The Bertz CT molecular complexity index is 1260. The molecule has 1 heterocycles. The minimum atomic E-state index is -0.551. The summed E-state index contributed by atoms with van der Waals surface area (Å²) in [6.07, 6.45) is 0. The average Bonchev–Trinajstić information content (AvgIpc) is 2.78. The lowest BCUT2D eigenvalue weighted by molar-refractivity contribution is 0.0734. The van der Waals surface area contributed by atoms with Crippen LogP contribution in [0.1, 0.15) is 34.3 Å². The quantitative estimate of drug-likeness (QED) is 0.429. The van der Waals surface area contributed by atoms with E-state index in [2.05, 4.69) is 6.07 Å². The summed E-state index contributed by atoms with van der Waals surface area (Å²) in [6, 6.07) is 21.1. The zero-order valence-corrected chi connectivity index (χ0v) is 17.9. The molecule has 0 aromatic heterocycles. The summed E-state index contributed by atoms with van der Waals surface area (Å²) in [5.41, 5.74) is 8.26. The van der Waals surface area contributed by atoms with Crippen LogP contribution in [-0.2, 0) is 0 Å². The Morgan fingerprint density at radius 2 is 1.94 bits per heavy atom. The molecule has 1 aliphatic heterocycles. The van der Waals surface area contributed by atoms with E-state index in [1.807, 2.05) is 31.2 Å². The maximum atomic E-state index is 12.5. The van der Waals surface area contributed by atoms with E-state index in [1.54, 1.807) is 36.4 Å². The second kappa shape index (κ2) is 9.04. The van der Waals surface area contributed by atoms with Gasteiger partial charge in [-0.3, -0.25) is 0 Å². The highest BCUT2D eigenvalue weighted by Gasteiger charge is 2.31. The second-order valence-corrected chi connectivity index (χ2v) is 7.47. The smallest absolute Gasteiger partial charge is 0.343 e. The fourth-order valence-electron chi connectivity index (χ4n) is 3.57. The van der Waals surface area contributed by atoms with E-state index in [-0.39, 0.29) is 11.6 Å². The molecule has 6 nitrogen and oxygen atoms in total. The number of ether oxygens (including phenoxy) is 3. The maximum Gasteiger partial charge on any atom is 0.343 e. The summed E-state index contributed by atoms with van der Waals surface area (Å²) < 4.78 is 16.8. The van der Waals surface area contributed by atoms with Crippen LogP contribution in [0.25, 0.3) is 0 Å². The van der Waals surface area contributed by atoms with Gasteiger partial charge in [0.2, 0.25) is 5.88 Å². The largest absolute Gasteiger partial charge is 0.494 e. The molecule has 160 valence electrons. The number of carbonyl (C=O) groups excluding carboxylic acids is 1. The minimum Gasteiger partial charge on any atom is -0.494 e. The molecule has 32 heavy (non-hydrogen) atoms. The number of hydrogen-bond donors (Lipinski definition) is 1. The molecule has 0 spiro atoms. The van der Waals surface area contributed by atoms with Gasteiger partial charge in [-0.05, 0) is 48.9 Å². The highest BCUT2D eigenvalue weighted by molar-refractivity contribution is 6.30. The lowest BCUT2D eigenvalue weighted by Crippen LogP contribution is -2.21. The van der Waals surface area contributed by atoms with Crippen molar-refractivity contribution >= 4 is 17.6 Å². The van der Waals surface area contributed by atoms with E-state index < -0.39 is 11.9 Å². The number of benzene rings is 3. The number of carbonyl (C=O) groups is 1. The van der Waals surface area contributed by atoms with Crippen LogP contribution in [0.2, 0.25) is 5.02 Å². The van der Waals surface area contributed by atoms with Gasteiger partial charge < -0.3 is 19.9 Å². The molecule has 0 saturated carbocycles. The number of allylic oxidation sites excluding steroid dienone is 1. The number of nitrogens with zero attached hydrogens (tertiary/aromatic N) is 1. The first kappa shape index (κ1) is 21.3. The van der Waals surface area contributed by atoms with Crippen molar-refractivity contribution in [1.82, 2.24) is 0 Å². The number of nitrogens with two attached hydrogens (primary N) is 1. The second-order valence-electron chi connectivity index (χ2n) is 7.03. The topological polar surface area (TPSA) is 94.6 Å². The van der Waals surface area contributed by atoms with E-state index in [0.717, 1.165) is 11.1 Å². The first-order valence-corrected chi connectivity index (χ1v) is 10.3. The molecule has 0 aliphatic carbocycles. The number of nitriles is 1. The molecular formula is C25H19ClN2O4. The first-order chi connectivity index (χ1) is 15.5. The molecule has 0 radical (unpaired) electrons. The fourth-order valence-corrected chi connectivity index (χ4v) is 3.76. The summed E-state index contributed by atoms with van der Waals surface area (Å²) in [6.45, 7) is 2.43. The Balaban J connectivity index is 1.69. The molecule has 3 aromatic rings. The van der Waals surface area contributed by atoms with Gasteiger partial charge >= 0.3 is 5.97 Å². The van der Waals surface area contributed by atoms with Gasteiger partial charge in [-0.25, -0.2) is 4.79 Å². The number of rotatable bonds is 5. The number of hydrogen-bond acceptors (Lipinski definition) is 6. The lowest BCUT2D eigenvalue weighted by Gasteiger charge is -2.27. The Morgan fingerprint density at radius 3 is 2.69 bits per heavy atom. The summed E-state index contributed by atoms with van der Waals surface area (Å²) in [5.74, 6) is 0.395. The zero-order valence-electron chi connectivity index (χ0n) is 17.2. The molecule has 7 heteroatoms. The van der Waals surface area contributed by atoms with Crippen molar-refractivity contribution in [2.24, 2.45) is 5.73 Å². The van der Waals surface area contributed by atoms with E-state index in [1.165, 1.54) is 6.07 Å². The van der Waals surface area contributed by atoms with Crippen LogP contribution in [0.15, 0.2) is 78.2 Å². The highest BCUT2D eigenvalue weighted by atomic mass is 35.5. The van der Waals surface area contributed by atoms with E-state index >= 15 is 0 Å². The predicted octanol–water partition coefficient (Wildman–Crippen LogP) is 5.18. The van der Waals surface area contributed by atoms with Gasteiger partial charge in [-0.2, -0.15) is 5.26 Å². The third-order valence-electron chi connectivity index (χ3n) is 4.96. The first-order valence-electron chi connectivity index (χ1n) is 9.92.